The van der Waals surface area contributed by atoms with Gasteiger partial charge in [0, 0.05) is 19.5 Å². The molecule has 1 aromatic heterocycles. The van der Waals surface area contributed by atoms with Crippen molar-refractivity contribution >= 4 is 5.91 Å². The van der Waals surface area contributed by atoms with Gasteiger partial charge in [0.1, 0.15) is 5.76 Å². The van der Waals surface area contributed by atoms with Crippen molar-refractivity contribution in [3.05, 3.63) is 23.7 Å². The van der Waals surface area contributed by atoms with Gasteiger partial charge in [0.2, 0.25) is 0 Å². The summed E-state index contributed by atoms with van der Waals surface area (Å²) < 4.78 is 5.27. The summed E-state index contributed by atoms with van der Waals surface area (Å²) in [6, 6.07) is 1.71. The van der Waals surface area contributed by atoms with Gasteiger partial charge in [-0.1, -0.05) is 6.92 Å². The van der Waals surface area contributed by atoms with E-state index in [9.17, 15) is 9.90 Å². The minimum atomic E-state index is -0.760. The van der Waals surface area contributed by atoms with Crippen LogP contribution in [-0.2, 0) is 6.42 Å². The van der Waals surface area contributed by atoms with E-state index in [1.165, 1.54) is 0 Å². The Labute approximate surface area is 101 Å². The van der Waals surface area contributed by atoms with Gasteiger partial charge >= 0.3 is 0 Å². The van der Waals surface area contributed by atoms with Crippen LogP contribution in [0.1, 0.15) is 42.8 Å². The lowest BCUT2D eigenvalue weighted by molar-refractivity contribution is -0.0108. The first-order valence-corrected chi connectivity index (χ1v) is 6.11. The molecule has 1 unspecified atom stereocenters. The molecule has 1 saturated heterocycles. The number of β-amino-alcohol motifs (C(OH)–C–C–N with tert-alkyl or cyclic N) is 1. The molecule has 0 aromatic carbocycles. The van der Waals surface area contributed by atoms with Gasteiger partial charge in [0.15, 0.2) is 0 Å². The SMILES string of the molecule is CCc1occc1C(=O)N1CCCC(C)(O)C1. The number of carbonyl (C=O) groups is 1. The molecule has 0 spiro atoms. The maximum absolute atomic E-state index is 12.3. The molecule has 0 radical (unpaired) electrons. The number of furan rings is 1. The highest BCUT2D eigenvalue weighted by molar-refractivity contribution is 5.95. The van der Waals surface area contributed by atoms with E-state index in [0.717, 1.165) is 18.6 Å². The Kier molecular flexibility index (Phi) is 3.24. The fraction of sp³-hybridized carbons (Fsp3) is 0.615. The summed E-state index contributed by atoms with van der Waals surface area (Å²) in [6.45, 7) is 4.86. The van der Waals surface area contributed by atoms with Crippen LogP contribution in [0.15, 0.2) is 16.7 Å². The zero-order chi connectivity index (χ0) is 12.5. The molecule has 17 heavy (non-hydrogen) atoms. The number of rotatable bonds is 2. The summed E-state index contributed by atoms with van der Waals surface area (Å²) in [6.07, 6.45) is 3.85. The van der Waals surface area contributed by atoms with Gasteiger partial charge in [-0.3, -0.25) is 4.79 Å². The molecule has 2 rings (SSSR count). The van der Waals surface area contributed by atoms with Crippen LogP contribution in [0.3, 0.4) is 0 Å². The van der Waals surface area contributed by atoms with Crippen LogP contribution in [0.25, 0.3) is 0 Å². The molecule has 0 saturated carbocycles. The smallest absolute Gasteiger partial charge is 0.257 e. The molecule has 1 amide bonds. The molecule has 1 atom stereocenters. The lowest BCUT2D eigenvalue weighted by atomic mass is 9.94. The van der Waals surface area contributed by atoms with Crippen molar-refractivity contribution in [2.24, 2.45) is 0 Å². The molecule has 1 aromatic rings. The minimum absolute atomic E-state index is 0.0319. The highest BCUT2D eigenvalue weighted by Crippen LogP contribution is 2.23. The molecule has 94 valence electrons. The number of hydrogen-bond donors (Lipinski definition) is 1. The van der Waals surface area contributed by atoms with E-state index in [0.29, 0.717) is 25.1 Å². The number of aryl methyl sites for hydroxylation is 1. The van der Waals surface area contributed by atoms with Gasteiger partial charge in [-0.15, -0.1) is 0 Å². The van der Waals surface area contributed by atoms with Crippen LogP contribution in [0.4, 0.5) is 0 Å². The molecule has 2 heterocycles. The van der Waals surface area contributed by atoms with E-state index in [2.05, 4.69) is 0 Å². The van der Waals surface area contributed by atoms with Crippen molar-refractivity contribution in [1.29, 1.82) is 0 Å². The first kappa shape index (κ1) is 12.2. The molecule has 1 aliphatic rings. The van der Waals surface area contributed by atoms with E-state index < -0.39 is 5.60 Å². The van der Waals surface area contributed by atoms with Gasteiger partial charge in [-0.05, 0) is 25.8 Å². The van der Waals surface area contributed by atoms with Gasteiger partial charge in [0.05, 0.1) is 17.4 Å². The zero-order valence-corrected chi connectivity index (χ0v) is 10.4. The summed E-state index contributed by atoms with van der Waals surface area (Å²) in [5.41, 5.74) is -0.130. The fourth-order valence-electron chi connectivity index (χ4n) is 2.37. The zero-order valence-electron chi connectivity index (χ0n) is 10.4. The summed E-state index contributed by atoms with van der Waals surface area (Å²) in [5, 5.41) is 10.0. The Hall–Kier alpha value is -1.29. The first-order chi connectivity index (χ1) is 8.03. The highest BCUT2D eigenvalue weighted by Gasteiger charge is 2.32. The molecule has 1 aliphatic heterocycles. The Balaban J connectivity index is 2.15. The minimum Gasteiger partial charge on any atom is -0.469 e. The van der Waals surface area contributed by atoms with Gasteiger partial charge in [-0.2, -0.15) is 0 Å². The largest absolute Gasteiger partial charge is 0.469 e. The monoisotopic (exact) mass is 237 g/mol. The van der Waals surface area contributed by atoms with Crippen LogP contribution >= 0.6 is 0 Å². The van der Waals surface area contributed by atoms with Crippen molar-refractivity contribution in [3.63, 3.8) is 0 Å². The Bertz CT molecular complexity index is 409. The van der Waals surface area contributed by atoms with Crippen molar-refractivity contribution < 1.29 is 14.3 Å². The van der Waals surface area contributed by atoms with Crippen LogP contribution in [-0.4, -0.2) is 34.6 Å². The van der Waals surface area contributed by atoms with Gasteiger partial charge in [0.25, 0.3) is 5.91 Å². The number of likely N-dealkylation sites (tertiary alicyclic amines) is 1. The molecule has 1 fully saturated rings. The number of carbonyl (C=O) groups excluding carboxylic acids is 1. The predicted molar refractivity (Wildman–Crippen MR) is 63.8 cm³/mol. The average molecular weight is 237 g/mol. The van der Waals surface area contributed by atoms with Crippen molar-refractivity contribution in [3.8, 4) is 0 Å². The molecule has 4 heteroatoms. The topological polar surface area (TPSA) is 53.7 Å². The van der Waals surface area contributed by atoms with Gasteiger partial charge < -0.3 is 14.4 Å². The first-order valence-electron chi connectivity index (χ1n) is 6.11. The van der Waals surface area contributed by atoms with Crippen LogP contribution in [0.2, 0.25) is 0 Å². The Morgan fingerprint density at radius 3 is 3.06 bits per heavy atom. The summed E-state index contributed by atoms with van der Waals surface area (Å²) in [7, 11) is 0. The fourth-order valence-corrected chi connectivity index (χ4v) is 2.37. The van der Waals surface area contributed by atoms with E-state index >= 15 is 0 Å². The summed E-state index contributed by atoms with van der Waals surface area (Å²) in [5.74, 6) is 0.691. The summed E-state index contributed by atoms with van der Waals surface area (Å²) >= 11 is 0. The quantitative estimate of drug-likeness (QED) is 0.853. The lowest BCUT2D eigenvalue weighted by Crippen LogP contribution is -2.48. The van der Waals surface area contributed by atoms with Crippen LogP contribution in [0.5, 0.6) is 0 Å². The predicted octanol–water partition coefficient (Wildman–Crippen LogP) is 1.83. The van der Waals surface area contributed by atoms with E-state index in [4.69, 9.17) is 4.42 Å². The maximum Gasteiger partial charge on any atom is 0.257 e. The highest BCUT2D eigenvalue weighted by atomic mass is 16.3. The van der Waals surface area contributed by atoms with Crippen molar-refractivity contribution in [1.82, 2.24) is 4.90 Å². The maximum atomic E-state index is 12.3. The number of nitrogens with zero attached hydrogens (tertiary/aromatic N) is 1. The second-order valence-corrected chi connectivity index (χ2v) is 4.94. The molecule has 4 nitrogen and oxygen atoms in total. The second-order valence-electron chi connectivity index (χ2n) is 4.94. The third-order valence-electron chi connectivity index (χ3n) is 3.26. The van der Waals surface area contributed by atoms with Crippen LogP contribution in [0, 0.1) is 0 Å². The molecule has 1 N–H and O–H groups in total. The number of hydrogen-bond acceptors (Lipinski definition) is 3. The average Bonchev–Trinajstić information content (AvgIpc) is 2.74. The third kappa shape index (κ3) is 2.52. The van der Waals surface area contributed by atoms with Gasteiger partial charge in [-0.25, -0.2) is 0 Å². The van der Waals surface area contributed by atoms with Crippen molar-refractivity contribution in [2.75, 3.05) is 13.1 Å². The van der Waals surface area contributed by atoms with Crippen molar-refractivity contribution in [2.45, 2.75) is 38.7 Å². The second kappa shape index (κ2) is 4.53. The molecule has 0 bridgehead atoms. The molecular weight excluding hydrogens is 218 g/mol. The molecular formula is C13H19NO3. The normalized spacial score (nSPS) is 25.0. The Morgan fingerprint density at radius 1 is 1.65 bits per heavy atom. The number of amides is 1. The lowest BCUT2D eigenvalue weighted by Gasteiger charge is -2.36. The third-order valence-corrected chi connectivity index (χ3v) is 3.26. The number of piperidine rings is 1. The van der Waals surface area contributed by atoms with Crippen LogP contribution < -0.4 is 0 Å². The standard InChI is InChI=1S/C13H19NO3/c1-3-11-10(5-8-17-11)12(15)14-7-4-6-13(2,16)9-14/h5,8,16H,3-4,6-7,9H2,1-2H3. The molecule has 0 aliphatic carbocycles. The summed E-state index contributed by atoms with van der Waals surface area (Å²) in [4.78, 5) is 14.0. The number of aliphatic hydroxyl groups is 1. The van der Waals surface area contributed by atoms with E-state index in [-0.39, 0.29) is 5.91 Å². The van der Waals surface area contributed by atoms with E-state index in [1.54, 1.807) is 24.2 Å². The Morgan fingerprint density at radius 2 is 2.41 bits per heavy atom. The van der Waals surface area contributed by atoms with E-state index in [1.807, 2.05) is 6.92 Å².